The molecule has 3 rings (SSSR count). The zero-order valence-electron chi connectivity index (χ0n) is 12.7. The quantitative estimate of drug-likeness (QED) is 0.712. The van der Waals surface area contributed by atoms with E-state index < -0.39 is 0 Å². The summed E-state index contributed by atoms with van der Waals surface area (Å²) in [5.41, 5.74) is 2.21. The molecule has 0 amide bonds. The molecule has 0 bridgehead atoms. The summed E-state index contributed by atoms with van der Waals surface area (Å²) in [4.78, 5) is 6.97. The number of hydrogen-bond acceptors (Lipinski definition) is 3. The first kappa shape index (κ1) is 16.7. The van der Waals surface area contributed by atoms with Crippen molar-refractivity contribution >= 4 is 40.1 Å². The fraction of sp³-hybridized carbons (Fsp3) is 0.278. The van der Waals surface area contributed by atoms with Crippen LogP contribution in [0.1, 0.15) is 17.5 Å². The lowest BCUT2D eigenvalue weighted by molar-refractivity contribution is 0.412. The van der Waals surface area contributed by atoms with Gasteiger partial charge in [0.25, 0.3) is 0 Å². The zero-order chi connectivity index (χ0) is 16.1. The van der Waals surface area contributed by atoms with Gasteiger partial charge in [0.2, 0.25) is 0 Å². The van der Waals surface area contributed by atoms with Crippen molar-refractivity contribution in [3.05, 3.63) is 69.7 Å². The zero-order valence-corrected chi connectivity index (χ0v) is 15.0. The minimum Gasteiger partial charge on any atom is -0.343 e. The molecule has 2 aromatic carbocycles. The minimum absolute atomic E-state index is 0.666. The van der Waals surface area contributed by atoms with Gasteiger partial charge in [-0.25, -0.2) is 0 Å². The van der Waals surface area contributed by atoms with Crippen molar-refractivity contribution in [2.75, 3.05) is 12.3 Å². The molecule has 23 heavy (non-hydrogen) atoms. The molecule has 0 saturated carbocycles. The number of halogens is 2. The van der Waals surface area contributed by atoms with Crippen molar-refractivity contribution < 1.29 is 0 Å². The maximum atomic E-state index is 6.36. The van der Waals surface area contributed by atoms with Crippen LogP contribution in [0.3, 0.4) is 0 Å². The fourth-order valence-corrected chi connectivity index (χ4v) is 3.98. The Hall–Kier alpha value is -1.16. The van der Waals surface area contributed by atoms with E-state index in [1.807, 2.05) is 36.0 Å². The van der Waals surface area contributed by atoms with E-state index in [-0.39, 0.29) is 0 Å². The second-order valence-corrected chi connectivity index (χ2v) is 7.28. The van der Waals surface area contributed by atoms with E-state index in [0.29, 0.717) is 16.6 Å². The van der Waals surface area contributed by atoms with E-state index in [9.17, 15) is 0 Å². The van der Waals surface area contributed by atoms with Crippen molar-refractivity contribution in [3.63, 3.8) is 0 Å². The lowest BCUT2D eigenvalue weighted by Gasteiger charge is -2.28. The number of benzene rings is 2. The second kappa shape index (κ2) is 8.09. The van der Waals surface area contributed by atoms with Gasteiger partial charge in [0.15, 0.2) is 5.17 Å². The van der Waals surface area contributed by atoms with Gasteiger partial charge in [0.1, 0.15) is 0 Å². The average Bonchev–Trinajstić information content (AvgIpc) is 2.59. The van der Waals surface area contributed by atoms with Crippen molar-refractivity contribution in [1.82, 2.24) is 4.90 Å². The Morgan fingerprint density at radius 3 is 2.35 bits per heavy atom. The summed E-state index contributed by atoms with van der Waals surface area (Å²) in [6.45, 7) is 2.36. The van der Waals surface area contributed by atoms with Gasteiger partial charge in [0, 0.05) is 41.0 Å². The van der Waals surface area contributed by atoms with Crippen molar-refractivity contribution in [2.24, 2.45) is 4.99 Å². The number of aliphatic imine (C=N–C) groups is 1. The van der Waals surface area contributed by atoms with Crippen LogP contribution in [-0.2, 0) is 13.1 Å². The summed E-state index contributed by atoms with van der Waals surface area (Å²) in [7, 11) is 0. The van der Waals surface area contributed by atoms with Crippen LogP contribution in [0.25, 0.3) is 0 Å². The highest BCUT2D eigenvalue weighted by Crippen LogP contribution is 2.28. The summed E-state index contributed by atoms with van der Waals surface area (Å²) in [5.74, 6) is 1.11. The van der Waals surface area contributed by atoms with Gasteiger partial charge in [-0.15, -0.1) is 0 Å². The van der Waals surface area contributed by atoms with Crippen LogP contribution < -0.4 is 0 Å². The average molecular weight is 365 g/mol. The second-order valence-electron chi connectivity index (χ2n) is 5.41. The van der Waals surface area contributed by atoms with Crippen molar-refractivity contribution in [3.8, 4) is 0 Å². The first-order chi connectivity index (χ1) is 11.2. The molecule has 2 aromatic rings. The monoisotopic (exact) mass is 364 g/mol. The molecule has 0 unspecified atom stereocenters. The molecule has 1 aliphatic rings. The van der Waals surface area contributed by atoms with Gasteiger partial charge >= 0.3 is 0 Å². The van der Waals surface area contributed by atoms with Gasteiger partial charge in [-0.1, -0.05) is 71.4 Å². The highest BCUT2D eigenvalue weighted by molar-refractivity contribution is 8.13. The number of nitrogens with zero attached hydrogens (tertiary/aromatic N) is 2. The third-order valence-corrected chi connectivity index (χ3v) is 5.52. The smallest absolute Gasteiger partial charge is 0.159 e. The first-order valence-electron chi connectivity index (χ1n) is 7.63. The molecule has 0 fully saturated rings. The molecule has 1 aliphatic heterocycles. The van der Waals surface area contributed by atoms with Gasteiger partial charge in [-0.3, -0.25) is 4.99 Å². The topological polar surface area (TPSA) is 15.6 Å². The maximum absolute atomic E-state index is 6.36. The summed E-state index contributed by atoms with van der Waals surface area (Å²) in [5, 5.41) is 2.49. The van der Waals surface area contributed by atoms with Crippen LogP contribution >= 0.6 is 35.0 Å². The Labute approximate surface area is 151 Å². The number of rotatable bonds is 4. The molecule has 2 nitrogen and oxygen atoms in total. The molecular weight excluding hydrogens is 347 g/mol. The van der Waals surface area contributed by atoms with Crippen LogP contribution in [-0.4, -0.2) is 22.4 Å². The predicted molar refractivity (Wildman–Crippen MR) is 102 cm³/mol. The first-order valence-corrected chi connectivity index (χ1v) is 9.37. The Morgan fingerprint density at radius 1 is 0.957 bits per heavy atom. The number of amidine groups is 1. The SMILES string of the molecule is Clc1cccc(Cl)c1CN(Cc1ccccc1)C1=NCCCS1. The summed E-state index contributed by atoms with van der Waals surface area (Å²) in [6.07, 6.45) is 1.14. The number of thioether (sulfide) groups is 1. The molecule has 5 heteroatoms. The van der Waals surface area contributed by atoms with E-state index in [0.717, 1.165) is 36.0 Å². The Bertz CT molecular complexity index is 668. The van der Waals surface area contributed by atoms with Gasteiger partial charge < -0.3 is 4.90 Å². The third kappa shape index (κ3) is 4.43. The highest BCUT2D eigenvalue weighted by Gasteiger charge is 2.18. The largest absolute Gasteiger partial charge is 0.343 e. The maximum Gasteiger partial charge on any atom is 0.159 e. The molecule has 0 spiro atoms. The molecule has 0 saturated heterocycles. The van der Waals surface area contributed by atoms with E-state index in [1.165, 1.54) is 5.56 Å². The predicted octanol–water partition coefficient (Wildman–Crippen LogP) is 5.49. The Balaban J connectivity index is 1.87. The molecule has 0 atom stereocenters. The Morgan fingerprint density at radius 2 is 1.70 bits per heavy atom. The van der Waals surface area contributed by atoms with Gasteiger partial charge in [0.05, 0.1) is 0 Å². The molecule has 0 aliphatic carbocycles. The Kier molecular flexibility index (Phi) is 5.87. The summed E-state index contributed by atoms with van der Waals surface area (Å²) in [6, 6.07) is 16.1. The van der Waals surface area contributed by atoms with Crippen LogP contribution in [0.2, 0.25) is 10.0 Å². The van der Waals surface area contributed by atoms with Crippen molar-refractivity contribution in [1.29, 1.82) is 0 Å². The number of hydrogen-bond donors (Lipinski definition) is 0. The molecule has 120 valence electrons. The van der Waals surface area contributed by atoms with E-state index >= 15 is 0 Å². The lowest BCUT2D eigenvalue weighted by Crippen LogP contribution is -2.30. The normalized spacial score (nSPS) is 14.4. The van der Waals surface area contributed by atoms with Crippen molar-refractivity contribution in [2.45, 2.75) is 19.5 Å². The fourth-order valence-electron chi connectivity index (χ4n) is 2.51. The lowest BCUT2D eigenvalue weighted by atomic mass is 10.2. The van der Waals surface area contributed by atoms with Crippen LogP contribution in [0.4, 0.5) is 0 Å². The summed E-state index contributed by atoms with van der Waals surface area (Å²) < 4.78 is 0. The molecule has 0 aromatic heterocycles. The molecule has 0 radical (unpaired) electrons. The molecule has 1 heterocycles. The van der Waals surface area contributed by atoms with E-state index in [4.69, 9.17) is 28.2 Å². The molecular formula is C18H18Cl2N2S. The van der Waals surface area contributed by atoms with Crippen LogP contribution in [0, 0.1) is 0 Å². The highest BCUT2D eigenvalue weighted by atomic mass is 35.5. The standard InChI is InChI=1S/C18H18Cl2N2S/c19-16-8-4-9-17(20)15(16)13-22(18-21-10-5-11-23-18)12-14-6-2-1-3-7-14/h1-4,6-9H,5,10-13H2. The van der Waals surface area contributed by atoms with Crippen LogP contribution in [0.5, 0.6) is 0 Å². The summed E-state index contributed by atoms with van der Waals surface area (Å²) >= 11 is 14.5. The van der Waals surface area contributed by atoms with Gasteiger partial charge in [-0.2, -0.15) is 0 Å². The van der Waals surface area contributed by atoms with E-state index in [2.05, 4.69) is 29.2 Å². The van der Waals surface area contributed by atoms with E-state index in [1.54, 1.807) is 0 Å². The molecule has 0 N–H and O–H groups in total. The van der Waals surface area contributed by atoms with Gasteiger partial charge in [-0.05, 0) is 24.1 Å². The third-order valence-electron chi connectivity index (χ3n) is 3.68. The van der Waals surface area contributed by atoms with Crippen LogP contribution in [0.15, 0.2) is 53.5 Å². The minimum atomic E-state index is 0.666.